The van der Waals surface area contributed by atoms with E-state index in [-0.39, 0.29) is 0 Å². The second-order valence-corrected chi connectivity index (χ2v) is 7.79. The number of urea groups is 1. The molecule has 166 valence electrons. The van der Waals surface area contributed by atoms with E-state index in [2.05, 4.69) is 20.5 Å². The van der Waals surface area contributed by atoms with Gasteiger partial charge in [0.25, 0.3) is 0 Å². The highest BCUT2D eigenvalue weighted by atomic mass is 19.1. The summed E-state index contributed by atoms with van der Waals surface area (Å²) in [4.78, 5) is 23.6. The Labute approximate surface area is 190 Å². The van der Waals surface area contributed by atoms with E-state index in [0.29, 0.717) is 22.9 Å². The van der Waals surface area contributed by atoms with Gasteiger partial charge in [0.2, 0.25) is 0 Å². The Balaban J connectivity index is 1.24. The van der Waals surface area contributed by atoms with Gasteiger partial charge in [-0.2, -0.15) is 0 Å². The van der Waals surface area contributed by atoms with Gasteiger partial charge in [-0.15, -0.1) is 0 Å². The summed E-state index contributed by atoms with van der Waals surface area (Å²) >= 11 is 0. The molecule has 1 aliphatic rings. The van der Waals surface area contributed by atoms with Crippen molar-refractivity contribution in [2.75, 3.05) is 28.6 Å². The van der Waals surface area contributed by atoms with Crippen molar-refractivity contribution in [2.24, 2.45) is 0 Å². The van der Waals surface area contributed by atoms with Crippen LogP contribution in [0, 0.1) is 5.82 Å². The molecule has 2 heterocycles. The minimum Gasteiger partial charge on any atom is -0.457 e. The molecule has 1 fully saturated rings. The summed E-state index contributed by atoms with van der Waals surface area (Å²) in [5, 5.41) is 5.30. The number of nitrogens with zero attached hydrogens (tertiary/aromatic N) is 3. The SMILES string of the molecule is O=C(Nc1ccc(Oc2ccc3ncc(N4CCCC4)nc3c2)cc1)Nc1cccc(F)c1. The summed E-state index contributed by atoms with van der Waals surface area (Å²) in [5.41, 5.74) is 2.55. The summed E-state index contributed by atoms with van der Waals surface area (Å²) in [7, 11) is 0. The molecule has 0 spiro atoms. The van der Waals surface area contributed by atoms with Gasteiger partial charge in [-0.3, -0.25) is 4.98 Å². The molecular formula is C25H22FN5O2. The van der Waals surface area contributed by atoms with E-state index in [1.54, 1.807) is 30.3 Å². The van der Waals surface area contributed by atoms with Gasteiger partial charge in [-0.25, -0.2) is 14.2 Å². The van der Waals surface area contributed by atoms with E-state index >= 15 is 0 Å². The fourth-order valence-corrected chi connectivity index (χ4v) is 3.75. The molecule has 0 saturated carbocycles. The van der Waals surface area contributed by atoms with Crippen LogP contribution in [0.4, 0.5) is 26.4 Å². The first kappa shape index (κ1) is 20.7. The highest BCUT2D eigenvalue weighted by Crippen LogP contribution is 2.27. The first-order chi connectivity index (χ1) is 16.1. The first-order valence-electron chi connectivity index (χ1n) is 10.8. The molecule has 3 aromatic carbocycles. The second-order valence-electron chi connectivity index (χ2n) is 7.79. The number of carbonyl (C=O) groups excluding carboxylic acids is 1. The molecule has 33 heavy (non-hydrogen) atoms. The van der Waals surface area contributed by atoms with Gasteiger partial charge in [0.15, 0.2) is 0 Å². The number of benzene rings is 3. The largest absolute Gasteiger partial charge is 0.457 e. The maximum absolute atomic E-state index is 13.2. The third kappa shape index (κ3) is 5.01. The van der Waals surface area contributed by atoms with Crippen LogP contribution in [0.15, 0.2) is 72.9 Å². The van der Waals surface area contributed by atoms with Crippen LogP contribution in [0.3, 0.4) is 0 Å². The lowest BCUT2D eigenvalue weighted by atomic mass is 10.2. The average molecular weight is 443 g/mol. The van der Waals surface area contributed by atoms with E-state index in [1.165, 1.54) is 31.0 Å². The van der Waals surface area contributed by atoms with Crippen molar-refractivity contribution in [3.8, 4) is 11.5 Å². The van der Waals surface area contributed by atoms with E-state index in [9.17, 15) is 9.18 Å². The zero-order valence-electron chi connectivity index (χ0n) is 17.8. The highest BCUT2D eigenvalue weighted by molar-refractivity contribution is 5.99. The highest BCUT2D eigenvalue weighted by Gasteiger charge is 2.14. The maximum atomic E-state index is 13.2. The molecule has 0 radical (unpaired) electrons. The van der Waals surface area contributed by atoms with Crippen molar-refractivity contribution in [3.05, 3.63) is 78.7 Å². The summed E-state index contributed by atoms with van der Waals surface area (Å²) in [6, 6.07) is 17.8. The number of fused-ring (bicyclic) bond motifs is 1. The van der Waals surface area contributed by atoms with Crippen LogP contribution >= 0.6 is 0 Å². The molecule has 0 aliphatic carbocycles. The van der Waals surface area contributed by atoms with E-state index < -0.39 is 11.8 Å². The van der Waals surface area contributed by atoms with E-state index in [0.717, 1.165) is 29.9 Å². The number of aromatic nitrogens is 2. The molecular weight excluding hydrogens is 421 g/mol. The minimum atomic E-state index is -0.462. The zero-order chi connectivity index (χ0) is 22.6. The molecule has 1 saturated heterocycles. The van der Waals surface area contributed by atoms with Crippen molar-refractivity contribution in [3.63, 3.8) is 0 Å². The molecule has 7 nitrogen and oxygen atoms in total. The van der Waals surface area contributed by atoms with Crippen LogP contribution in [-0.2, 0) is 0 Å². The Morgan fingerprint density at radius 1 is 0.879 bits per heavy atom. The molecule has 1 aliphatic heterocycles. The lowest BCUT2D eigenvalue weighted by Crippen LogP contribution is -2.19. The van der Waals surface area contributed by atoms with Crippen LogP contribution in [-0.4, -0.2) is 29.1 Å². The normalized spacial score (nSPS) is 13.2. The smallest absolute Gasteiger partial charge is 0.323 e. The number of nitrogens with one attached hydrogen (secondary N) is 2. The van der Waals surface area contributed by atoms with E-state index in [4.69, 9.17) is 9.72 Å². The van der Waals surface area contributed by atoms with Crippen molar-refractivity contribution < 1.29 is 13.9 Å². The van der Waals surface area contributed by atoms with Gasteiger partial charge in [-0.1, -0.05) is 6.07 Å². The molecule has 2 amide bonds. The van der Waals surface area contributed by atoms with Crippen molar-refractivity contribution in [1.29, 1.82) is 0 Å². The molecule has 4 aromatic rings. The average Bonchev–Trinajstić information content (AvgIpc) is 3.35. The lowest BCUT2D eigenvalue weighted by Gasteiger charge is -2.16. The number of amides is 2. The first-order valence-corrected chi connectivity index (χ1v) is 10.8. The fraction of sp³-hybridized carbons (Fsp3) is 0.160. The van der Waals surface area contributed by atoms with Crippen LogP contribution < -0.4 is 20.3 Å². The van der Waals surface area contributed by atoms with Gasteiger partial charge in [0.05, 0.1) is 17.2 Å². The van der Waals surface area contributed by atoms with Gasteiger partial charge in [0, 0.05) is 30.5 Å². The number of halogens is 1. The Hall–Kier alpha value is -4.20. The summed E-state index contributed by atoms with van der Waals surface area (Å²) in [6.45, 7) is 2.02. The number of hydrogen-bond acceptors (Lipinski definition) is 5. The van der Waals surface area contributed by atoms with Gasteiger partial charge in [-0.05, 0) is 67.4 Å². The minimum absolute atomic E-state index is 0.375. The number of ether oxygens (including phenoxy) is 1. The predicted octanol–water partition coefficient (Wildman–Crippen LogP) is 5.81. The Morgan fingerprint density at radius 2 is 1.64 bits per heavy atom. The van der Waals surface area contributed by atoms with Gasteiger partial charge in [0.1, 0.15) is 23.1 Å². The maximum Gasteiger partial charge on any atom is 0.323 e. The van der Waals surface area contributed by atoms with E-state index in [1.807, 2.05) is 24.4 Å². The molecule has 5 rings (SSSR count). The molecule has 2 N–H and O–H groups in total. The van der Waals surface area contributed by atoms with Gasteiger partial charge >= 0.3 is 6.03 Å². The molecule has 1 aromatic heterocycles. The molecule has 8 heteroatoms. The Bertz CT molecular complexity index is 1290. The van der Waals surface area contributed by atoms with Crippen molar-refractivity contribution >= 4 is 34.3 Å². The number of rotatable bonds is 5. The van der Waals surface area contributed by atoms with Crippen molar-refractivity contribution in [1.82, 2.24) is 9.97 Å². The Morgan fingerprint density at radius 3 is 2.42 bits per heavy atom. The topological polar surface area (TPSA) is 79.4 Å². The van der Waals surface area contributed by atoms with Crippen LogP contribution in [0.5, 0.6) is 11.5 Å². The van der Waals surface area contributed by atoms with Gasteiger partial charge < -0.3 is 20.3 Å². The quantitative estimate of drug-likeness (QED) is 0.407. The summed E-state index contributed by atoms with van der Waals surface area (Å²) < 4.78 is 19.2. The molecule has 0 bridgehead atoms. The van der Waals surface area contributed by atoms with Crippen molar-refractivity contribution in [2.45, 2.75) is 12.8 Å². The lowest BCUT2D eigenvalue weighted by molar-refractivity contribution is 0.262. The van der Waals surface area contributed by atoms with Crippen LogP contribution in [0.25, 0.3) is 11.0 Å². The third-order valence-corrected chi connectivity index (χ3v) is 5.36. The second kappa shape index (κ2) is 9.12. The van der Waals surface area contributed by atoms with Crippen LogP contribution in [0.1, 0.15) is 12.8 Å². The zero-order valence-corrected chi connectivity index (χ0v) is 17.8. The Kier molecular flexibility index (Phi) is 5.72. The molecule has 0 unspecified atom stereocenters. The summed E-state index contributed by atoms with van der Waals surface area (Å²) in [6.07, 6.45) is 4.19. The summed E-state index contributed by atoms with van der Waals surface area (Å²) in [5.74, 6) is 1.75. The number of anilines is 3. The monoisotopic (exact) mass is 443 g/mol. The number of carbonyl (C=O) groups is 1. The standard InChI is InChI=1S/C25H22FN5O2/c26-17-4-3-5-19(14-17)29-25(32)28-18-6-8-20(9-7-18)33-21-10-11-22-23(15-21)30-24(16-27-22)31-12-1-2-13-31/h3-11,14-16H,1-2,12-13H2,(H2,28,29,32). The fourth-order valence-electron chi connectivity index (χ4n) is 3.75. The third-order valence-electron chi connectivity index (χ3n) is 5.36. The molecule has 0 atom stereocenters. The number of hydrogen-bond donors (Lipinski definition) is 2. The predicted molar refractivity (Wildman–Crippen MR) is 127 cm³/mol. The van der Waals surface area contributed by atoms with Crippen LogP contribution in [0.2, 0.25) is 0 Å².